The summed E-state index contributed by atoms with van der Waals surface area (Å²) in [5, 5.41) is 2.79. The summed E-state index contributed by atoms with van der Waals surface area (Å²) >= 11 is 0. The van der Waals surface area contributed by atoms with E-state index in [1.54, 1.807) is 20.9 Å². The van der Waals surface area contributed by atoms with E-state index >= 15 is 0 Å². The Balaban J connectivity index is 3.58. The van der Waals surface area contributed by atoms with Gasteiger partial charge in [0.2, 0.25) is 6.43 Å². The van der Waals surface area contributed by atoms with Crippen molar-refractivity contribution in [2.75, 3.05) is 7.05 Å². The third kappa shape index (κ3) is 4.33. The van der Waals surface area contributed by atoms with E-state index in [4.69, 9.17) is 0 Å². The van der Waals surface area contributed by atoms with Gasteiger partial charge in [0.05, 0.1) is 0 Å². The van der Waals surface area contributed by atoms with Crippen LogP contribution in [-0.2, 0) is 0 Å². The Morgan fingerprint density at radius 2 is 1.89 bits per heavy atom. The Bertz CT molecular complexity index is 81.1. The van der Waals surface area contributed by atoms with Crippen LogP contribution >= 0.6 is 0 Å². The van der Waals surface area contributed by atoms with Gasteiger partial charge in [-0.05, 0) is 20.9 Å². The Kier molecular flexibility index (Phi) is 3.04. The molecule has 56 valence electrons. The first-order chi connectivity index (χ1) is 3.98. The van der Waals surface area contributed by atoms with Crippen LogP contribution in [0.5, 0.6) is 0 Å². The molecule has 0 atom stereocenters. The highest BCUT2D eigenvalue weighted by Crippen LogP contribution is 2.13. The van der Waals surface area contributed by atoms with Crippen LogP contribution in [0, 0.1) is 0 Å². The van der Waals surface area contributed by atoms with Crippen molar-refractivity contribution in [2.24, 2.45) is 0 Å². The van der Waals surface area contributed by atoms with Crippen LogP contribution in [-0.4, -0.2) is 19.0 Å². The molecule has 0 bridgehead atoms. The summed E-state index contributed by atoms with van der Waals surface area (Å²) in [6, 6.07) is 0. The van der Waals surface area contributed by atoms with E-state index in [2.05, 4.69) is 5.32 Å². The first-order valence-corrected chi connectivity index (χ1v) is 2.95. The second-order valence-electron chi connectivity index (χ2n) is 2.73. The number of halogens is 2. The zero-order valence-corrected chi connectivity index (χ0v) is 6.04. The fourth-order valence-electron chi connectivity index (χ4n) is 0.488. The average molecular weight is 137 g/mol. The van der Waals surface area contributed by atoms with E-state index in [1.807, 2.05) is 0 Å². The highest BCUT2D eigenvalue weighted by atomic mass is 19.3. The number of nitrogens with one attached hydrogen (secondary N) is 1. The van der Waals surface area contributed by atoms with Crippen LogP contribution in [0.4, 0.5) is 8.78 Å². The van der Waals surface area contributed by atoms with Gasteiger partial charge >= 0.3 is 0 Å². The van der Waals surface area contributed by atoms with Crippen LogP contribution in [0.2, 0.25) is 0 Å². The van der Waals surface area contributed by atoms with Gasteiger partial charge in [-0.3, -0.25) is 0 Å². The average Bonchev–Trinajstić information content (AvgIpc) is 1.63. The minimum absolute atomic E-state index is 0.0938. The second kappa shape index (κ2) is 3.11. The summed E-state index contributed by atoms with van der Waals surface area (Å²) in [5.41, 5.74) is -0.436. The molecule has 0 aromatic rings. The van der Waals surface area contributed by atoms with Crippen LogP contribution in [0.15, 0.2) is 0 Å². The normalized spacial score (nSPS) is 12.7. The van der Waals surface area contributed by atoms with E-state index in [-0.39, 0.29) is 6.42 Å². The summed E-state index contributed by atoms with van der Waals surface area (Å²) in [6.07, 6.45) is -2.31. The topological polar surface area (TPSA) is 12.0 Å². The smallest absolute Gasteiger partial charge is 0.240 e. The third-order valence-corrected chi connectivity index (χ3v) is 1.34. The molecule has 0 unspecified atom stereocenters. The van der Waals surface area contributed by atoms with Crippen LogP contribution < -0.4 is 5.32 Å². The lowest BCUT2D eigenvalue weighted by Crippen LogP contribution is -2.37. The van der Waals surface area contributed by atoms with Crippen molar-refractivity contribution in [3.8, 4) is 0 Å². The van der Waals surface area contributed by atoms with Crippen LogP contribution in [0.25, 0.3) is 0 Å². The maximum absolute atomic E-state index is 11.7. The molecule has 0 aromatic heterocycles. The number of hydrogen-bond acceptors (Lipinski definition) is 1. The molecular weight excluding hydrogens is 124 g/mol. The fraction of sp³-hybridized carbons (Fsp3) is 1.00. The highest BCUT2D eigenvalue weighted by molar-refractivity contribution is 4.75. The molecule has 0 aliphatic heterocycles. The van der Waals surface area contributed by atoms with E-state index in [0.29, 0.717) is 0 Å². The molecule has 0 aromatic carbocycles. The number of hydrogen-bond donors (Lipinski definition) is 1. The van der Waals surface area contributed by atoms with Crippen molar-refractivity contribution < 1.29 is 8.78 Å². The molecule has 0 aliphatic rings. The lowest BCUT2D eigenvalue weighted by atomic mass is 10.0. The second-order valence-corrected chi connectivity index (χ2v) is 2.73. The molecule has 0 rings (SSSR count). The summed E-state index contributed by atoms with van der Waals surface area (Å²) < 4.78 is 23.4. The van der Waals surface area contributed by atoms with Gasteiger partial charge in [-0.1, -0.05) is 0 Å². The molecule has 0 saturated carbocycles. The van der Waals surface area contributed by atoms with Crippen molar-refractivity contribution in [1.29, 1.82) is 0 Å². The van der Waals surface area contributed by atoms with E-state index in [1.165, 1.54) is 0 Å². The maximum Gasteiger partial charge on any atom is 0.240 e. The van der Waals surface area contributed by atoms with Gasteiger partial charge in [0.1, 0.15) is 0 Å². The minimum Gasteiger partial charge on any atom is -0.315 e. The van der Waals surface area contributed by atoms with Gasteiger partial charge in [-0.15, -0.1) is 0 Å². The molecular formula is C6H13F2N. The first-order valence-electron chi connectivity index (χ1n) is 2.95. The monoisotopic (exact) mass is 137 g/mol. The third-order valence-electron chi connectivity index (χ3n) is 1.34. The van der Waals surface area contributed by atoms with Gasteiger partial charge in [0.15, 0.2) is 0 Å². The summed E-state index contributed by atoms with van der Waals surface area (Å²) in [7, 11) is 1.68. The van der Waals surface area contributed by atoms with Gasteiger partial charge in [-0.2, -0.15) is 0 Å². The van der Waals surface area contributed by atoms with Crippen molar-refractivity contribution in [3.05, 3.63) is 0 Å². The quantitative estimate of drug-likeness (QED) is 0.623. The zero-order valence-electron chi connectivity index (χ0n) is 6.04. The number of rotatable bonds is 3. The summed E-state index contributed by atoms with van der Waals surface area (Å²) in [5.74, 6) is 0. The molecule has 0 spiro atoms. The first kappa shape index (κ1) is 8.82. The molecule has 0 fully saturated rings. The van der Waals surface area contributed by atoms with E-state index < -0.39 is 12.0 Å². The minimum atomic E-state index is -2.22. The van der Waals surface area contributed by atoms with Gasteiger partial charge in [0, 0.05) is 12.0 Å². The van der Waals surface area contributed by atoms with Crippen LogP contribution in [0.1, 0.15) is 20.3 Å². The van der Waals surface area contributed by atoms with Crippen molar-refractivity contribution in [3.63, 3.8) is 0 Å². The molecule has 0 heterocycles. The lowest BCUT2D eigenvalue weighted by Gasteiger charge is -2.22. The molecule has 0 aliphatic carbocycles. The highest BCUT2D eigenvalue weighted by Gasteiger charge is 2.19. The predicted octanol–water partition coefficient (Wildman–Crippen LogP) is 1.64. The van der Waals surface area contributed by atoms with E-state index in [9.17, 15) is 8.78 Å². The Morgan fingerprint density at radius 1 is 1.44 bits per heavy atom. The molecule has 9 heavy (non-hydrogen) atoms. The fourth-order valence-corrected chi connectivity index (χ4v) is 0.488. The SMILES string of the molecule is CNC(C)(C)CC(F)F. The standard InChI is InChI=1S/C6H13F2N/c1-6(2,9-3)4-5(7)8/h5,9H,4H2,1-3H3. The Labute approximate surface area is 54.4 Å². The van der Waals surface area contributed by atoms with Crippen molar-refractivity contribution in [1.82, 2.24) is 5.32 Å². The number of alkyl halides is 2. The zero-order chi connectivity index (χ0) is 7.49. The van der Waals surface area contributed by atoms with Crippen molar-refractivity contribution in [2.45, 2.75) is 32.2 Å². The van der Waals surface area contributed by atoms with E-state index in [0.717, 1.165) is 0 Å². The molecule has 0 saturated heterocycles. The maximum atomic E-state index is 11.7. The molecule has 1 N–H and O–H groups in total. The molecule has 0 radical (unpaired) electrons. The Hall–Kier alpha value is -0.180. The Morgan fingerprint density at radius 3 is 2.00 bits per heavy atom. The largest absolute Gasteiger partial charge is 0.315 e. The summed E-state index contributed by atoms with van der Waals surface area (Å²) in [6.45, 7) is 3.50. The van der Waals surface area contributed by atoms with Crippen molar-refractivity contribution >= 4 is 0 Å². The molecule has 1 nitrogen and oxygen atoms in total. The molecule has 0 amide bonds. The van der Waals surface area contributed by atoms with Gasteiger partial charge < -0.3 is 5.32 Å². The molecule has 3 heteroatoms. The van der Waals surface area contributed by atoms with Gasteiger partial charge in [0.25, 0.3) is 0 Å². The van der Waals surface area contributed by atoms with Gasteiger partial charge in [-0.25, -0.2) is 8.78 Å². The summed E-state index contributed by atoms with van der Waals surface area (Å²) in [4.78, 5) is 0. The van der Waals surface area contributed by atoms with Crippen LogP contribution in [0.3, 0.4) is 0 Å². The lowest BCUT2D eigenvalue weighted by molar-refractivity contribution is 0.105. The predicted molar refractivity (Wildman–Crippen MR) is 33.8 cm³/mol.